The second kappa shape index (κ2) is 5.89. The zero-order valence-corrected chi connectivity index (χ0v) is 12.5. The van der Waals surface area contributed by atoms with E-state index in [-0.39, 0.29) is 11.2 Å². The van der Waals surface area contributed by atoms with Crippen LogP contribution in [0, 0.1) is 0 Å². The van der Waals surface area contributed by atoms with Gasteiger partial charge in [-0.2, -0.15) is 0 Å². The second-order valence-electron chi connectivity index (χ2n) is 6.29. The van der Waals surface area contributed by atoms with Crippen LogP contribution in [0.5, 0.6) is 0 Å². The Morgan fingerprint density at radius 1 is 1.30 bits per heavy atom. The van der Waals surface area contributed by atoms with E-state index in [4.69, 9.17) is 5.11 Å². The quantitative estimate of drug-likeness (QED) is 0.911. The van der Waals surface area contributed by atoms with Gasteiger partial charge in [0.15, 0.2) is 0 Å². The molecule has 0 saturated carbocycles. The first-order valence-corrected chi connectivity index (χ1v) is 7.02. The normalized spacial score (nSPS) is 18.1. The highest BCUT2D eigenvalue weighted by Crippen LogP contribution is 2.17. The van der Waals surface area contributed by atoms with E-state index in [1.54, 1.807) is 12.3 Å². The number of carboxylic acid groups (broad SMARTS) is 1. The lowest BCUT2D eigenvalue weighted by atomic mass is 10.0. The Morgan fingerprint density at radius 3 is 2.50 bits per heavy atom. The van der Waals surface area contributed by atoms with Crippen LogP contribution < -0.4 is 0 Å². The minimum absolute atomic E-state index is 0.121. The third-order valence-corrected chi connectivity index (χ3v) is 3.77. The first-order valence-electron chi connectivity index (χ1n) is 7.02. The van der Waals surface area contributed by atoms with Crippen LogP contribution in [0.4, 0.5) is 0 Å². The van der Waals surface area contributed by atoms with Gasteiger partial charge in [-0.15, -0.1) is 0 Å². The van der Waals surface area contributed by atoms with E-state index in [2.05, 4.69) is 35.6 Å². The van der Waals surface area contributed by atoms with Crippen LogP contribution in [0.1, 0.15) is 36.8 Å². The average Bonchev–Trinajstić information content (AvgIpc) is 2.38. The molecular formula is C15H23N3O2. The smallest absolute Gasteiger partial charge is 0.354 e. The van der Waals surface area contributed by atoms with Crippen LogP contribution in [0.15, 0.2) is 18.3 Å². The van der Waals surface area contributed by atoms with E-state index < -0.39 is 5.97 Å². The Kier molecular flexibility index (Phi) is 4.40. The highest BCUT2D eigenvalue weighted by atomic mass is 16.4. The number of aromatic nitrogens is 1. The third kappa shape index (κ3) is 3.77. The molecule has 1 saturated heterocycles. The molecule has 0 bridgehead atoms. The van der Waals surface area contributed by atoms with Crippen molar-refractivity contribution < 1.29 is 9.90 Å². The first-order chi connectivity index (χ1) is 9.36. The SMILES string of the molecule is CC(C)(C)N1CCN(Cc2ccnc(C(=O)O)c2)CC1. The summed E-state index contributed by atoms with van der Waals surface area (Å²) in [5, 5.41) is 8.96. The summed E-state index contributed by atoms with van der Waals surface area (Å²) in [5.74, 6) is -0.968. The Balaban J connectivity index is 1.93. The van der Waals surface area contributed by atoms with Crippen LogP contribution in [0.2, 0.25) is 0 Å². The number of nitrogens with zero attached hydrogens (tertiary/aromatic N) is 3. The fourth-order valence-corrected chi connectivity index (χ4v) is 2.52. The lowest BCUT2D eigenvalue weighted by molar-refractivity contribution is 0.0589. The molecular weight excluding hydrogens is 254 g/mol. The van der Waals surface area contributed by atoms with E-state index in [0.717, 1.165) is 38.3 Å². The molecule has 0 unspecified atom stereocenters. The standard InChI is InChI=1S/C15H23N3O2/c1-15(2,3)18-8-6-17(7-9-18)11-12-4-5-16-13(10-12)14(19)20/h4-5,10H,6-9,11H2,1-3H3,(H,19,20). The van der Waals surface area contributed by atoms with Crippen molar-refractivity contribution in [3.8, 4) is 0 Å². The number of carbonyl (C=O) groups is 1. The van der Waals surface area contributed by atoms with Gasteiger partial charge >= 0.3 is 5.97 Å². The van der Waals surface area contributed by atoms with E-state index >= 15 is 0 Å². The molecule has 0 radical (unpaired) electrons. The molecule has 1 aromatic heterocycles. The second-order valence-corrected chi connectivity index (χ2v) is 6.29. The number of hydrogen-bond donors (Lipinski definition) is 1. The number of hydrogen-bond acceptors (Lipinski definition) is 4. The summed E-state index contributed by atoms with van der Waals surface area (Å²) in [6.45, 7) is 11.7. The topological polar surface area (TPSA) is 56.7 Å². The largest absolute Gasteiger partial charge is 0.477 e. The minimum atomic E-state index is -0.968. The fourth-order valence-electron chi connectivity index (χ4n) is 2.52. The molecule has 2 heterocycles. The summed E-state index contributed by atoms with van der Waals surface area (Å²) in [4.78, 5) is 19.6. The van der Waals surface area contributed by atoms with Gasteiger partial charge in [0.05, 0.1) is 0 Å². The van der Waals surface area contributed by atoms with Crippen molar-refractivity contribution in [2.75, 3.05) is 26.2 Å². The van der Waals surface area contributed by atoms with Crippen molar-refractivity contribution in [3.63, 3.8) is 0 Å². The summed E-state index contributed by atoms with van der Waals surface area (Å²) < 4.78 is 0. The van der Waals surface area contributed by atoms with Crippen LogP contribution >= 0.6 is 0 Å². The van der Waals surface area contributed by atoms with Crippen molar-refractivity contribution in [1.82, 2.24) is 14.8 Å². The summed E-state index contributed by atoms with van der Waals surface area (Å²) in [6, 6.07) is 3.56. The van der Waals surface area contributed by atoms with E-state index in [1.165, 1.54) is 0 Å². The maximum absolute atomic E-state index is 10.9. The molecule has 20 heavy (non-hydrogen) atoms. The number of carboxylic acids is 1. The predicted molar refractivity (Wildman–Crippen MR) is 77.8 cm³/mol. The molecule has 5 nitrogen and oxygen atoms in total. The Morgan fingerprint density at radius 2 is 1.95 bits per heavy atom. The van der Waals surface area contributed by atoms with Gasteiger partial charge in [-0.3, -0.25) is 9.80 Å². The Labute approximate surface area is 120 Å². The zero-order chi connectivity index (χ0) is 14.8. The monoisotopic (exact) mass is 277 g/mol. The van der Waals surface area contributed by atoms with Gasteiger partial charge in [-0.05, 0) is 38.5 Å². The minimum Gasteiger partial charge on any atom is -0.477 e. The molecule has 1 aliphatic rings. The molecule has 1 aromatic rings. The van der Waals surface area contributed by atoms with Gasteiger partial charge in [-0.1, -0.05) is 0 Å². The van der Waals surface area contributed by atoms with Gasteiger partial charge in [0.1, 0.15) is 5.69 Å². The average molecular weight is 277 g/mol. The van der Waals surface area contributed by atoms with Crippen molar-refractivity contribution in [1.29, 1.82) is 0 Å². The van der Waals surface area contributed by atoms with E-state index in [1.807, 2.05) is 6.07 Å². The molecule has 1 fully saturated rings. The molecule has 5 heteroatoms. The predicted octanol–water partition coefficient (Wildman–Crippen LogP) is 1.70. The Hall–Kier alpha value is -1.46. The summed E-state index contributed by atoms with van der Waals surface area (Å²) in [6.07, 6.45) is 1.57. The summed E-state index contributed by atoms with van der Waals surface area (Å²) in [7, 11) is 0. The van der Waals surface area contributed by atoms with Crippen LogP contribution in [0.25, 0.3) is 0 Å². The van der Waals surface area contributed by atoms with Crippen molar-refractivity contribution in [2.24, 2.45) is 0 Å². The molecule has 0 atom stereocenters. The number of aromatic carboxylic acids is 1. The highest BCUT2D eigenvalue weighted by molar-refractivity contribution is 5.85. The Bertz CT molecular complexity index is 474. The zero-order valence-electron chi connectivity index (χ0n) is 12.5. The lowest BCUT2D eigenvalue weighted by Crippen LogP contribution is -2.53. The van der Waals surface area contributed by atoms with Crippen LogP contribution in [-0.2, 0) is 6.54 Å². The van der Waals surface area contributed by atoms with Crippen LogP contribution in [0.3, 0.4) is 0 Å². The van der Waals surface area contributed by atoms with Gasteiger partial charge in [-0.25, -0.2) is 9.78 Å². The number of piperazine rings is 1. The number of rotatable bonds is 3. The molecule has 0 spiro atoms. The fraction of sp³-hybridized carbons (Fsp3) is 0.600. The van der Waals surface area contributed by atoms with Gasteiger partial charge < -0.3 is 5.11 Å². The molecule has 0 aliphatic carbocycles. The van der Waals surface area contributed by atoms with E-state index in [0.29, 0.717) is 0 Å². The molecule has 1 aliphatic heterocycles. The first kappa shape index (κ1) is 14.9. The third-order valence-electron chi connectivity index (χ3n) is 3.77. The molecule has 0 amide bonds. The van der Waals surface area contributed by atoms with Gasteiger partial charge in [0, 0.05) is 44.5 Å². The maximum Gasteiger partial charge on any atom is 0.354 e. The lowest BCUT2D eigenvalue weighted by Gasteiger charge is -2.42. The van der Waals surface area contributed by atoms with Crippen molar-refractivity contribution >= 4 is 5.97 Å². The summed E-state index contributed by atoms with van der Waals surface area (Å²) >= 11 is 0. The molecule has 0 aromatic carbocycles. The highest BCUT2D eigenvalue weighted by Gasteiger charge is 2.25. The number of pyridine rings is 1. The van der Waals surface area contributed by atoms with Crippen LogP contribution in [-0.4, -0.2) is 57.6 Å². The molecule has 110 valence electrons. The maximum atomic E-state index is 10.9. The van der Waals surface area contributed by atoms with Crippen molar-refractivity contribution in [3.05, 3.63) is 29.6 Å². The van der Waals surface area contributed by atoms with Gasteiger partial charge in [0.2, 0.25) is 0 Å². The van der Waals surface area contributed by atoms with Gasteiger partial charge in [0.25, 0.3) is 0 Å². The van der Waals surface area contributed by atoms with Crippen molar-refractivity contribution in [2.45, 2.75) is 32.9 Å². The molecule has 1 N–H and O–H groups in total. The molecule has 2 rings (SSSR count). The van der Waals surface area contributed by atoms with E-state index in [9.17, 15) is 4.79 Å². The summed E-state index contributed by atoms with van der Waals surface area (Å²) in [5.41, 5.74) is 1.36.